The van der Waals surface area contributed by atoms with E-state index in [4.69, 9.17) is 4.74 Å². The van der Waals surface area contributed by atoms with Gasteiger partial charge in [-0.25, -0.2) is 0 Å². The number of nitrogens with zero attached hydrogens (tertiary/aromatic N) is 2. The molecule has 1 aromatic carbocycles. The quantitative estimate of drug-likeness (QED) is 0.326. The summed E-state index contributed by atoms with van der Waals surface area (Å²) in [6.45, 7) is 10.8. The van der Waals surface area contributed by atoms with E-state index in [1.807, 2.05) is 7.05 Å². The number of aliphatic imine (C=N–C) groups is 1. The topological polar surface area (TPSA) is 48.9 Å². The van der Waals surface area contributed by atoms with Crippen molar-refractivity contribution in [3.8, 4) is 0 Å². The van der Waals surface area contributed by atoms with Crippen molar-refractivity contribution < 1.29 is 4.74 Å². The van der Waals surface area contributed by atoms with Crippen LogP contribution in [-0.2, 0) is 23.2 Å². The molecular formula is C22H33IN4OS. The molecule has 2 N–H and O–H groups in total. The summed E-state index contributed by atoms with van der Waals surface area (Å²) in [5, 5.41) is 9.05. The maximum Gasteiger partial charge on any atom is 0.191 e. The largest absolute Gasteiger partial charge is 0.379 e. The zero-order chi connectivity index (χ0) is 19.8. The molecule has 2 heterocycles. The van der Waals surface area contributed by atoms with Crippen molar-refractivity contribution in [3.05, 3.63) is 57.8 Å². The first-order chi connectivity index (χ1) is 13.6. The fourth-order valence-electron chi connectivity index (χ4n) is 3.32. The lowest BCUT2D eigenvalue weighted by atomic mass is 9.91. The molecule has 29 heavy (non-hydrogen) atoms. The van der Waals surface area contributed by atoms with Gasteiger partial charge in [0.05, 0.1) is 13.2 Å². The number of ether oxygens (including phenoxy) is 1. The second-order valence-corrected chi connectivity index (χ2v) is 8.80. The highest BCUT2D eigenvalue weighted by Gasteiger charge is 2.21. The number of thiophene rings is 1. The van der Waals surface area contributed by atoms with Gasteiger partial charge >= 0.3 is 0 Å². The van der Waals surface area contributed by atoms with E-state index < -0.39 is 0 Å². The number of benzene rings is 1. The second kappa shape index (κ2) is 11.9. The average molecular weight is 529 g/mol. The van der Waals surface area contributed by atoms with Crippen molar-refractivity contribution in [2.24, 2.45) is 4.99 Å². The monoisotopic (exact) mass is 528 g/mol. The molecule has 5 nitrogen and oxygen atoms in total. The molecule has 2 aromatic rings. The zero-order valence-electron chi connectivity index (χ0n) is 17.6. The Hall–Kier alpha value is -1.16. The normalized spacial score (nSPS) is 15.6. The maximum absolute atomic E-state index is 5.44. The standard InChI is InChI=1S/C22H32N4OS.HI/c1-22(2,20-8-5-13-28-20)17-25-21(23-3)24-15-18-6-4-7-19(14-18)16-26-9-11-27-12-10-26;/h4-8,13-14H,9-12,15-17H2,1-3H3,(H2,23,24,25);1H. The Morgan fingerprint density at radius 1 is 1.14 bits per heavy atom. The Bertz CT molecular complexity index is 758. The lowest BCUT2D eigenvalue weighted by Gasteiger charge is -2.26. The van der Waals surface area contributed by atoms with Gasteiger partial charge in [-0.3, -0.25) is 9.89 Å². The van der Waals surface area contributed by atoms with Crippen LogP contribution in [0.4, 0.5) is 0 Å². The summed E-state index contributed by atoms with van der Waals surface area (Å²) in [5.74, 6) is 0.836. The Labute approximate surface area is 196 Å². The number of hydrogen-bond acceptors (Lipinski definition) is 4. The molecule has 1 saturated heterocycles. The van der Waals surface area contributed by atoms with Crippen LogP contribution in [0.2, 0.25) is 0 Å². The van der Waals surface area contributed by atoms with Crippen LogP contribution in [0.3, 0.4) is 0 Å². The Balaban J connectivity index is 0.00000300. The van der Waals surface area contributed by atoms with E-state index in [9.17, 15) is 0 Å². The lowest BCUT2D eigenvalue weighted by molar-refractivity contribution is 0.0342. The minimum atomic E-state index is 0. The molecule has 0 bridgehead atoms. The smallest absolute Gasteiger partial charge is 0.191 e. The highest BCUT2D eigenvalue weighted by molar-refractivity contribution is 14.0. The number of hydrogen-bond donors (Lipinski definition) is 2. The van der Waals surface area contributed by atoms with Crippen LogP contribution in [0, 0.1) is 0 Å². The van der Waals surface area contributed by atoms with E-state index in [1.165, 1.54) is 16.0 Å². The molecule has 1 aromatic heterocycles. The Kier molecular flexibility index (Phi) is 9.88. The first-order valence-electron chi connectivity index (χ1n) is 9.93. The van der Waals surface area contributed by atoms with Crippen LogP contribution in [0.5, 0.6) is 0 Å². The fraction of sp³-hybridized carbons (Fsp3) is 0.500. The summed E-state index contributed by atoms with van der Waals surface area (Å²) < 4.78 is 5.44. The third-order valence-electron chi connectivity index (χ3n) is 5.07. The molecule has 0 atom stereocenters. The molecule has 0 spiro atoms. The molecule has 0 unspecified atom stereocenters. The van der Waals surface area contributed by atoms with E-state index in [0.29, 0.717) is 0 Å². The van der Waals surface area contributed by atoms with Gasteiger partial charge in [0, 0.05) is 50.1 Å². The number of morpholine rings is 1. The summed E-state index contributed by atoms with van der Waals surface area (Å²) in [7, 11) is 1.82. The van der Waals surface area contributed by atoms with Crippen molar-refractivity contribution in [1.82, 2.24) is 15.5 Å². The molecule has 0 aliphatic carbocycles. The fourth-order valence-corrected chi connectivity index (χ4v) is 4.17. The summed E-state index contributed by atoms with van der Waals surface area (Å²) in [4.78, 5) is 8.21. The highest BCUT2D eigenvalue weighted by atomic mass is 127. The van der Waals surface area contributed by atoms with Gasteiger partial charge in [0.15, 0.2) is 5.96 Å². The van der Waals surface area contributed by atoms with Gasteiger partial charge in [-0.15, -0.1) is 35.3 Å². The molecule has 1 fully saturated rings. The lowest BCUT2D eigenvalue weighted by Crippen LogP contribution is -2.43. The van der Waals surface area contributed by atoms with E-state index in [2.05, 4.69) is 76.2 Å². The van der Waals surface area contributed by atoms with E-state index in [1.54, 1.807) is 11.3 Å². The van der Waals surface area contributed by atoms with Crippen LogP contribution in [0.25, 0.3) is 0 Å². The van der Waals surface area contributed by atoms with Crippen molar-refractivity contribution in [2.75, 3.05) is 39.9 Å². The van der Waals surface area contributed by atoms with Gasteiger partial charge in [-0.2, -0.15) is 0 Å². The maximum atomic E-state index is 5.44. The number of rotatable bonds is 7. The van der Waals surface area contributed by atoms with E-state index in [0.717, 1.165) is 51.9 Å². The predicted molar refractivity (Wildman–Crippen MR) is 133 cm³/mol. The van der Waals surface area contributed by atoms with E-state index in [-0.39, 0.29) is 29.4 Å². The Morgan fingerprint density at radius 3 is 2.59 bits per heavy atom. The van der Waals surface area contributed by atoms with Crippen LogP contribution >= 0.6 is 35.3 Å². The minimum Gasteiger partial charge on any atom is -0.379 e. The van der Waals surface area contributed by atoms with Crippen LogP contribution in [-0.4, -0.2) is 50.8 Å². The molecule has 1 aliphatic rings. The van der Waals surface area contributed by atoms with Crippen molar-refractivity contribution in [2.45, 2.75) is 32.4 Å². The average Bonchev–Trinajstić information content (AvgIpc) is 3.25. The summed E-state index contributed by atoms with van der Waals surface area (Å²) in [6.07, 6.45) is 0. The number of nitrogens with one attached hydrogen (secondary N) is 2. The summed E-state index contributed by atoms with van der Waals surface area (Å²) in [5.41, 5.74) is 2.69. The van der Waals surface area contributed by atoms with Crippen LogP contribution in [0.1, 0.15) is 29.9 Å². The molecule has 3 rings (SSSR count). The van der Waals surface area contributed by atoms with Gasteiger partial charge in [-0.1, -0.05) is 44.2 Å². The first kappa shape index (κ1) is 24.1. The van der Waals surface area contributed by atoms with Crippen molar-refractivity contribution in [3.63, 3.8) is 0 Å². The van der Waals surface area contributed by atoms with Crippen LogP contribution in [0.15, 0.2) is 46.8 Å². The van der Waals surface area contributed by atoms with Crippen LogP contribution < -0.4 is 10.6 Å². The van der Waals surface area contributed by atoms with Gasteiger partial charge in [0.25, 0.3) is 0 Å². The molecule has 0 amide bonds. The Morgan fingerprint density at radius 2 is 1.90 bits per heavy atom. The molecule has 1 aliphatic heterocycles. The first-order valence-corrected chi connectivity index (χ1v) is 10.8. The molecule has 0 radical (unpaired) electrons. The SMILES string of the molecule is CN=C(NCc1cccc(CN2CCOCC2)c1)NCC(C)(C)c1cccs1.I. The third-order valence-corrected chi connectivity index (χ3v) is 6.31. The molecule has 7 heteroatoms. The van der Waals surface area contributed by atoms with Crippen molar-refractivity contribution in [1.29, 1.82) is 0 Å². The van der Waals surface area contributed by atoms with E-state index >= 15 is 0 Å². The van der Waals surface area contributed by atoms with Gasteiger partial charge < -0.3 is 15.4 Å². The molecule has 0 saturated carbocycles. The van der Waals surface area contributed by atoms with Gasteiger partial charge in [0.2, 0.25) is 0 Å². The third kappa shape index (κ3) is 7.55. The second-order valence-electron chi connectivity index (χ2n) is 7.85. The minimum absolute atomic E-state index is 0. The summed E-state index contributed by atoms with van der Waals surface area (Å²) >= 11 is 1.80. The van der Waals surface area contributed by atoms with Crippen molar-refractivity contribution >= 4 is 41.3 Å². The van der Waals surface area contributed by atoms with Gasteiger partial charge in [0.1, 0.15) is 0 Å². The molecule has 160 valence electrons. The summed E-state index contributed by atoms with van der Waals surface area (Å²) in [6, 6.07) is 13.1. The number of halogens is 1. The number of guanidine groups is 1. The highest BCUT2D eigenvalue weighted by Crippen LogP contribution is 2.26. The molecular weight excluding hydrogens is 495 g/mol. The van der Waals surface area contributed by atoms with Gasteiger partial charge in [-0.05, 0) is 22.6 Å². The zero-order valence-corrected chi connectivity index (χ0v) is 20.8. The predicted octanol–water partition coefficient (Wildman–Crippen LogP) is 3.84.